The zero-order chi connectivity index (χ0) is 24.1. The minimum Gasteiger partial charge on any atom is -0.431 e. The van der Waals surface area contributed by atoms with Crippen LogP contribution in [0, 0.1) is 0 Å². The first-order valence-electron chi connectivity index (χ1n) is 9.96. The highest BCUT2D eigenvalue weighted by atomic mass is 31.2. The molecule has 0 aliphatic carbocycles. The van der Waals surface area contributed by atoms with Crippen molar-refractivity contribution in [1.29, 1.82) is 0 Å². The van der Waals surface area contributed by atoms with Gasteiger partial charge in [0.1, 0.15) is 11.4 Å². The van der Waals surface area contributed by atoms with Crippen LogP contribution in [0.1, 0.15) is 34.1 Å². The third-order valence-electron chi connectivity index (χ3n) is 4.06. The number of carbonyl (C=O) groups is 2. The van der Waals surface area contributed by atoms with Gasteiger partial charge in [0.15, 0.2) is 0 Å². The highest BCUT2D eigenvalue weighted by Crippen LogP contribution is 2.44. The summed E-state index contributed by atoms with van der Waals surface area (Å²) in [5.41, 5.74) is -0.985. The van der Waals surface area contributed by atoms with Crippen molar-refractivity contribution in [3.63, 3.8) is 0 Å². The molecule has 0 fully saturated rings. The van der Waals surface area contributed by atoms with E-state index in [1.165, 1.54) is 32.6 Å². The average molecular weight is 478 g/mol. The van der Waals surface area contributed by atoms with E-state index in [0.29, 0.717) is 19.5 Å². The highest BCUT2D eigenvalue weighted by molar-refractivity contribution is 7.52. The van der Waals surface area contributed by atoms with Gasteiger partial charge in [-0.25, -0.2) is 14.1 Å². The van der Waals surface area contributed by atoms with Gasteiger partial charge in [0.05, 0.1) is 18.4 Å². The molecule has 2 N–H and O–H groups in total. The quantitative estimate of drug-likeness (QED) is 0.227. The Kier molecular flexibility index (Phi) is 8.65. The van der Waals surface area contributed by atoms with Crippen molar-refractivity contribution in [2.45, 2.75) is 52.8 Å². The van der Waals surface area contributed by atoms with Crippen LogP contribution in [0.15, 0.2) is 9.59 Å². The predicted octanol–water partition coefficient (Wildman–Crippen LogP) is 1.51. The molecule has 0 saturated carbocycles. The lowest BCUT2D eigenvalue weighted by Gasteiger charge is -2.26. The molecule has 0 amide bonds. The average Bonchev–Trinajstić information content (AvgIpc) is 2.84. The number of hydrogen-bond acceptors (Lipinski definition) is 12. The molecule has 1 unspecified atom stereocenters. The van der Waals surface area contributed by atoms with Gasteiger partial charge in [0, 0.05) is 19.6 Å². The molecule has 0 spiro atoms. The molecule has 1 aliphatic heterocycles. The first kappa shape index (κ1) is 25.6. The smallest absolute Gasteiger partial charge is 0.431 e. The molecule has 1 aromatic carbocycles. The summed E-state index contributed by atoms with van der Waals surface area (Å²) in [5.74, 6) is 0. The van der Waals surface area contributed by atoms with Crippen molar-refractivity contribution in [2.75, 3.05) is 36.0 Å². The number of ether oxygens (including phenoxy) is 4. The Labute approximate surface area is 183 Å². The Morgan fingerprint density at radius 1 is 1.03 bits per heavy atom. The highest BCUT2D eigenvalue weighted by Gasteiger charge is 2.34. The van der Waals surface area contributed by atoms with E-state index in [2.05, 4.69) is 14.8 Å². The lowest BCUT2D eigenvalue weighted by molar-refractivity contribution is -0.208. The van der Waals surface area contributed by atoms with E-state index in [9.17, 15) is 28.6 Å². The summed E-state index contributed by atoms with van der Waals surface area (Å²) >= 11 is 0. The maximum atomic E-state index is 12.6. The standard InChI is InChI=1S/C18H27N2O11P/c1-10(2)27-16(23)29-18(30-17(24)28-11(3)4)31-32(25,26)9-8-20-7-5-6-19-12-13(20)15(22)14(12)21/h10-11,18-19H,5-9H2,1-4H3,(H,25,26). The van der Waals surface area contributed by atoms with Crippen LogP contribution in [0.5, 0.6) is 0 Å². The van der Waals surface area contributed by atoms with Gasteiger partial charge in [-0.15, -0.1) is 0 Å². The summed E-state index contributed by atoms with van der Waals surface area (Å²) in [6, 6.07) is 0. The molecular formula is C18H27N2O11P. The fourth-order valence-electron chi connectivity index (χ4n) is 2.76. The number of fused-ring (bicyclic) bond motifs is 1. The summed E-state index contributed by atoms with van der Waals surface area (Å²) in [7, 11) is -4.51. The van der Waals surface area contributed by atoms with Gasteiger partial charge in [0.2, 0.25) is 0 Å². The van der Waals surface area contributed by atoms with Crippen LogP contribution in [0.3, 0.4) is 0 Å². The first-order valence-corrected chi connectivity index (χ1v) is 11.7. The van der Waals surface area contributed by atoms with E-state index in [4.69, 9.17) is 14.0 Å². The summed E-state index contributed by atoms with van der Waals surface area (Å²) in [5, 5.41) is 2.86. The van der Waals surface area contributed by atoms with Crippen molar-refractivity contribution in [3.05, 3.63) is 20.4 Å². The van der Waals surface area contributed by atoms with Crippen molar-refractivity contribution in [2.24, 2.45) is 0 Å². The molecule has 180 valence electrons. The first-order chi connectivity index (χ1) is 14.9. The Balaban J connectivity index is 2.04. The fraction of sp³-hybridized carbons (Fsp3) is 0.667. The molecule has 0 aromatic heterocycles. The van der Waals surface area contributed by atoms with E-state index < -0.39 is 55.6 Å². The molecule has 13 nitrogen and oxygen atoms in total. The Morgan fingerprint density at radius 3 is 2.12 bits per heavy atom. The second-order valence-corrected chi connectivity index (χ2v) is 9.41. The van der Waals surface area contributed by atoms with Gasteiger partial charge < -0.3 is 34.1 Å². The van der Waals surface area contributed by atoms with E-state index in [1.807, 2.05) is 0 Å². The van der Waals surface area contributed by atoms with Crippen molar-refractivity contribution in [1.82, 2.24) is 0 Å². The summed E-state index contributed by atoms with van der Waals surface area (Å²) in [4.78, 5) is 58.7. The van der Waals surface area contributed by atoms with E-state index in [0.717, 1.165) is 0 Å². The molecule has 1 aliphatic rings. The SMILES string of the molecule is CC(C)OC(=O)OC(OC(=O)OC(C)C)OP(=O)(O)CCN1CCCNc2c1c(=O)c2=O. The van der Waals surface area contributed by atoms with Crippen LogP contribution in [0.4, 0.5) is 21.0 Å². The number of carbonyl (C=O) groups excluding carboxylic acids is 2. The predicted molar refractivity (Wildman–Crippen MR) is 112 cm³/mol. The molecule has 1 aromatic rings. The monoisotopic (exact) mass is 478 g/mol. The topological polar surface area (TPSA) is 167 Å². The maximum absolute atomic E-state index is 12.6. The van der Waals surface area contributed by atoms with Gasteiger partial charge in [-0.05, 0) is 34.1 Å². The van der Waals surface area contributed by atoms with Crippen molar-refractivity contribution in [3.8, 4) is 0 Å². The zero-order valence-corrected chi connectivity index (χ0v) is 19.1. The van der Waals surface area contributed by atoms with Crippen LogP contribution in [0.2, 0.25) is 0 Å². The van der Waals surface area contributed by atoms with Crippen LogP contribution < -0.4 is 21.1 Å². The van der Waals surface area contributed by atoms with Crippen LogP contribution >= 0.6 is 7.60 Å². The number of anilines is 2. The minimum atomic E-state index is -4.51. The molecule has 0 bridgehead atoms. The molecule has 32 heavy (non-hydrogen) atoms. The van der Waals surface area contributed by atoms with Crippen LogP contribution in [0.25, 0.3) is 0 Å². The van der Waals surface area contributed by atoms with Crippen molar-refractivity contribution >= 4 is 31.3 Å². The molecule has 2 rings (SSSR count). The summed E-state index contributed by atoms with van der Waals surface area (Å²) in [6.07, 6.45) is -3.68. The number of nitrogens with one attached hydrogen (secondary N) is 1. The fourth-order valence-corrected chi connectivity index (χ4v) is 3.72. The van der Waals surface area contributed by atoms with E-state index in [-0.39, 0.29) is 17.9 Å². The third kappa shape index (κ3) is 7.21. The van der Waals surface area contributed by atoms with Gasteiger partial charge in [0.25, 0.3) is 10.9 Å². The van der Waals surface area contributed by atoms with Gasteiger partial charge in [-0.2, -0.15) is 0 Å². The summed E-state index contributed by atoms with van der Waals surface area (Å²) in [6.45, 7) is 4.65. The van der Waals surface area contributed by atoms with Crippen LogP contribution in [-0.4, -0.2) is 61.7 Å². The summed E-state index contributed by atoms with van der Waals surface area (Å²) < 4.78 is 36.3. The second-order valence-electron chi connectivity index (χ2n) is 7.47. The van der Waals surface area contributed by atoms with E-state index >= 15 is 0 Å². The van der Waals surface area contributed by atoms with Crippen molar-refractivity contribution < 1.29 is 42.5 Å². The molecular weight excluding hydrogens is 451 g/mol. The zero-order valence-electron chi connectivity index (χ0n) is 18.2. The Morgan fingerprint density at radius 2 is 1.59 bits per heavy atom. The van der Waals surface area contributed by atoms with Gasteiger partial charge in [-0.3, -0.25) is 14.2 Å². The number of nitrogens with zero attached hydrogens (tertiary/aromatic N) is 1. The lowest BCUT2D eigenvalue weighted by Crippen LogP contribution is -2.42. The van der Waals surface area contributed by atoms with Gasteiger partial charge in [-0.1, -0.05) is 0 Å². The Bertz CT molecular complexity index is 914. The molecule has 14 heteroatoms. The third-order valence-corrected chi connectivity index (χ3v) is 5.33. The normalized spacial score (nSPS) is 15.7. The largest absolute Gasteiger partial charge is 0.513 e. The molecule has 1 heterocycles. The van der Waals surface area contributed by atoms with Gasteiger partial charge >= 0.3 is 26.4 Å². The molecule has 0 saturated heterocycles. The Hall–Kier alpha value is -2.63. The van der Waals surface area contributed by atoms with Crippen LogP contribution in [-0.2, 0) is 28.0 Å². The number of rotatable bonds is 9. The minimum absolute atomic E-state index is 0.118. The number of hydrogen-bond donors (Lipinski definition) is 2. The molecule has 0 radical (unpaired) electrons. The molecule has 1 atom stereocenters. The lowest BCUT2D eigenvalue weighted by atomic mass is 10.2. The van der Waals surface area contributed by atoms with E-state index in [1.54, 1.807) is 0 Å². The second kappa shape index (κ2) is 10.8. The maximum Gasteiger partial charge on any atom is 0.513 e.